The highest BCUT2D eigenvalue weighted by molar-refractivity contribution is 6.06. The Morgan fingerprint density at radius 2 is 1.31 bits per heavy atom. The Morgan fingerprint density at radius 3 is 1.69 bits per heavy atom. The van der Waals surface area contributed by atoms with Crippen LogP contribution in [0.1, 0.15) is 31.8 Å². The third-order valence-electron chi connectivity index (χ3n) is 3.44. The first kappa shape index (κ1) is 19.3. The molecular weight excluding hydrogens is 368 g/mol. The van der Waals surface area contributed by atoms with Crippen molar-refractivity contribution in [2.45, 2.75) is 12.4 Å². The lowest BCUT2D eigenvalue weighted by molar-refractivity contribution is -0.143. The summed E-state index contributed by atoms with van der Waals surface area (Å²) in [6, 6.07) is 3.63. The van der Waals surface area contributed by atoms with E-state index in [1.807, 2.05) is 0 Å². The third-order valence-corrected chi connectivity index (χ3v) is 3.44. The first-order chi connectivity index (χ1) is 11.8. The van der Waals surface area contributed by atoms with Crippen LogP contribution >= 0.6 is 0 Å². The van der Waals surface area contributed by atoms with Gasteiger partial charge in [0.2, 0.25) is 5.91 Å². The Labute approximate surface area is 141 Å². The molecule has 2 aromatic carbocycles. The van der Waals surface area contributed by atoms with Crippen molar-refractivity contribution in [3.63, 3.8) is 0 Å². The predicted molar refractivity (Wildman–Crippen MR) is 77.4 cm³/mol. The topological polar surface area (TPSA) is 80.4 Å². The molecule has 0 radical (unpaired) electrons. The van der Waals surface area contributed by atoms with Crippen LogP contribution in [0.4, 0.5) is 26.3 Å². The highest BCUT2D eigenvalue weighted by Gasteiger charge is 2.37. The highest BCUT2D eigenvalue weighted by atomic mass is 19.4. The second kappa shape index (κ2) is 6.36. The number of carbonyl (C=O) groups excluding carboxylic acids is 1. The molecule has 0 unspecified atom stereocenters. The zero-order valence-corrected chi connectivity index (χ0v) is 12.6. The largest absolute Gasteiger partial charge is 0.478 e. The Hall–Kier alpha value is -3.04. The number of hydrogen-bond acceptors (Lipinski definition) is 2. The molecule has 0 bridgehead atoms. The van der Waals surface area contributed by atoms with Crippen molar-refractivity contribution in [1.29, 1.82) is 0 Å². The van der Waals surface area contributed by atoms with Crippen LogP contribution in [-0.4, -0.2) is 17.0 Å². The molecule has 2 aromatic rings. The van der Waals surface area contributed by atoms with Crippen LogP contribution in [0.3, 0.4) is 0 Å². The molecule has 10 heteroatoms. The second-order valence-corrected chi connectivity index (χ2v) is 5.19. The van der Waals surface area contributed by atoms with Gasteiger partial charge in [-0.3, -0.25) is 4.79 Å². The summed E-state index contributed by atoms with van der Waals surface area (Å²) in [6.07, 6.45) is -10.2. The number of carboxylic acids is 1. The number of primary amides is 1. The maximum absolute atomic E-state index is 13.0. The number of hydrogen-bond donors (Lipinski definition) is 2. The van der Waals surface area contributed by atoms with Gasteiger partial charge in [0.25, 0.3) is 0 Å². The summed E-state index contributed by atoms with van der Waals surface area (Å²) >= 11 is 0. The molecule has 0 aliphatic rings. The Bertz CT molecular complexity index is 822. The van der Waals surface area contributed by atoms with Crippen LogP contribution in [-0.2, 0) is 12.4 Å². The van der Waals surface area contributed by atoms with Crippen molar-refractivity contribution in [2.24, 2.45) is 5.73 Å². The van der Waals surface area contributed by atoms with E-state index < -0.39 is 57.6 Å². The van der Waals surface area contributed by atoms with Gasteiger partial charge in [-0.25, -0.2) is 4.79 Å². The third kappa shape index (κ3) is 3.79. The lowest BCUT2D eigenvalue weighted by Crippen LogP contribution is -2.16. The van der Waals surface area contributed by atoms with Crippen LogP contribution in [0.2, 0.25) is 0 Å². The minimum absolute atomic E-state index is 0.100. The van der Waals surface area contributed by atoms with Gasteiger partial charge in [0.1, 0.15) is 0 Å². The molecule has 4 nitrogen and oxygen atoms in total. The summed E-state index contributed by atoms with van der Waals surface area (Å²) in [5.41, 5.74) is -0.722. The minimum atomic E-state index is -5.12. The number of rotatable bonds is 3. The SMILES string of the molecule is NC(=O)c1cccc(C(=O)O)c1-c1cc(C(F)(F)F)cc(C(F)(F)F)c1. The highest BCUT2D eigenvalue weighted by Crippen LogP contribution is 2.40. The zero-order valence-electron chi connectivity index (χ0n) is 12.6. The van der Waals surface area contributed by atoms with Gasteiger partial charge in [-0.05, 0) is 35.9 Å². The molecule has 0 aliphatic carbocycles. The number of amides is 1. The minimum Gasteiger partial charge on any atom is -0.478 e. The average Bonchev–Trinajstić information content (AvgIpc) is 2.51. The molecular formula is C16H9F6NO3. The maximum Gasteiger partial charge on any atom is 0.416 e. The van der Waals surface area contributed by atoms with E-state index in [0.29, 0.717) is 12.1 Å². The number of alkyl halides is 6. The zero-order chi connectivity index (χ0) is 19.9. The average molecular weight is 377 g/mol. The fraction of sp³-hybridized carbons (Fsp3) is 0.125. The first-order valence-electron chi connectivity index (χ1n) is 6.78. The van der Waals surface area contributed by atoms with E-state index in [1.165, 1.54) is 0 Å². The van der Waals surface area contributed by atoms with Gasteiger partial charge in [-0.15, -0.1) is 0 Å². The van der Waals surface area contributed by atoms with Gasteiger partial charge in [0, 0.05) is 11.1 Å². The van der Waals surface area contributed by atoms with Crippen molar-refractivity contribution < 1.29 is 41.0 Å². The summed E-state index contributed by atoms with van der Waals surface area (Å²) in [6.45, 7) is 0. The van der Waals surface area contributed by atoms with Crippen molar-refractivity contribution in [3.8, 4) is 11.1 Å². The van der Waals surface area contributed by atoms with Gasteiger partial charge in [0.15, 0.2) is 0 Å². The smallest absolute Gasteiger partial charge is 0.416 e. The van der Waals surface area contributed by atoms with E-state index in [0.717, 1.165) is 18.2 Å². The Balaban J connectivity index is 2.92. The first-order valence-corrected chi connectivity index (χ1v) is 6.78. The van der Waals surface area contributed by atoms with Gasteiger partial charge >= 0.3 is 18.3 Å². The van der Waals surface area contributed by atoms with Gasteiger partial charge in [-0.1, -0.05) is 6.07 Å². The van der Waals surface area contributed by atoms with E-state index in [1.54, 1.807) is 0 Å². The molecule has 0 spiro atoms. The summed E-state index contributed by atoms with van der Waals surface area (Å²) in [5.74, 6) is -2.84. The number of nitrogens with two attached hydrogens (primary N) is 1. The quantitative estimate of drug-likeness (QED) is 0.788. The molecule has 3 N–H and O–H groups in total. The summed E-state index contributed by atoms with van der Waals surface area (Å²) in [7, 11) is 0. The molecule has 0 fully saturated rings. The Morgan fingerprint density at radius 1 is 0.846 bits per heavy atom. The molecule has 0 aliphatic heterocycles. The van der Waals surface area contributed by atoms with Crippen LogP contribution in [0.25, 0.3) is 11.1 Å². The molecule has 0 atom stereocenters. The van der Waals surface area contributed by atoms with Crippen LogP contribution < -0.4 is 5.73 Å². The van der Waals surface area contributed by atoms with E-state index in [9.17, 15) is 41.0 Å². The summed E-state index contributed by atoms with van der Waals surface area (Å²) < 4.78 is 78.0. The number of halogens is 6. The molecule has 0 saturated carbocycles. The van der Waals surface area contributed by atoms with E-state index in [2.05, 4.69) is 0 Å². The number of carbonyl (C=O) groups is 2. The van der Waals surface area contributed by atoms with Crippen LogP contribution in [0.15, 0.2) is 36.4 Å². The van der Waals surface area contributed by atoms with E-state index >= 15 is 0 Å². The van der Waals surface area contributed by atoms with Crippen molar-refractivity contribution in [3.05, 3.63) is 58.7 Å². The number of carboxylic acid groups (broad SMARTS) is 1. The molecule has 0 aromatic heterocycles. The summed E-state index contributed by atoms with van der Waals surface area (Å²) in [4.78, 5) is 22.9. The second-order valence-electron chi connectivity index (χ2n) is 5.19. The summed E-state index contributed by atoms with van der Waals surface area (Å²) in [5, 5.41) is 9.19. The van der Waals surface area contributed by atoms with Crippen molar-refractivity contribution >= 4 is 11.9 Å². The van der Waals surface area contributed by atoms with Gasteiger partial charge in [-0.2, -0.15) is 26.3 Å². The van der Waals surface area contributed by atoms with E-state index in [-0.39, 0.29) is 6.07 Å². The molecule has 0 saturated heterocycles. The van der Waals surface area contributed by atoms with Gasteiger partial charge in [0.05, 0.1) is 16.7 Å². The monoisotopic (exact) mass is 377 g/mol. The molecule has 26 heavy (non-hydrogen) atoms. The molecule has 2 rings (SSSR count). The van der Waals surface area contributed by atoms with Crippen LogP contribution in [0, 0.1) is 0 Å². The van der Waals surface area contributed by atoms with Gasteiger partial charge < -0.3 is 10.8 Å². The maximum atomic E-state index is 13.0. The predicted octanol–water partition coefficient (Wildman–Crippen LogP) is 4.19. The van der Waals surface area contributed by atoms with Crippen molar-refractivity contribution in [2.75, 3.05) is 0 Å². The van der Waals surface area contributed by atoms with E-state index in [4.69, 9.17) is 5.73 Å². The number of benzene rings is 2. The Kier molecular flexibility index (Phi) is 4.71. The van der Waals surface area contributed by atoms with Crippen molar-refractivity contribution in [1.82, 2.24) is 0 Å². The lowest BCUT2D eigenvalue weighted by Gasteiger charge is -2.16. The number of aromatic carboxylic acids is 1. The lowest BCUT2D eigenvalue weighted by atomic mass is 9.91. The molecule has 0 heterocycles. The fourth-order valence-electron chi connectivity index (χ4n) is 2.35. The van der Waals surface area contributed by atoms with Crippen LogP contribution in [0.5, 0.6) is 0 Å². The standard InChI is InChI=1S/C16H9F6NO3/c17-15(18,19)8-4-7(5-9(6-8)16(20,21)22)12-10(13(23)24)2-1-3-11(12)14(25)26/h1-6H,(H2,23,24)(H,25,26). The molecule has 1 amide bonds. The normalized spacial score (nSPS) is 12.1. The fourth-order valence-corrected chi connectivity index (χ4v) is 2.35. The molecule has 138 valence electrons.